The third kappa shape index (κ3) is 57.8. The number of hydrogen-bond donors (Lipinski definition) is 2. The van der Waals surface area contributed by atoms with E-state index < -0.39 is 13.9 Å². The van der Waals surface area contributed by atoms with Gasteiger partial charge in [-0.05, 0) is 12.8 Å². The molecule has 0 spiro atoms. The minimum absolute atomic E-state index is 0.0872. The van der Waals surface area contributed by atoms with Gasteiger partial charge in [-0.2, -0.15) is 0 Å². The van der Waals surface area contributed by atoms with Crippen LogP contribution in [-0.2, 0) is 23.4 Å². The van der Waals surface area contributed by atoms with E-state index in [9.17, 15) is 9.36 Å². The standard InChI is InChI=1S/C57H115O7P/c1-3-5-7-9-11-13-15-17-19-20-21-22-23-24-25-26-27-28-29-30-31-32-33-34-35-36-37-38-39-40-42-44-46-48-50-52-57(58)64-56(55-63-65(59,60)61)54-62-53-51-49-47-45-43-41-18-16-14-12-10-8-6-4-2/h56H,3-55H2,1-2H3,(H2,59,60,61)/t56-/m1/s1. The van der Waals surface area contributed by atoms with Crippen molar-refractivity contribution < 1.29 is 33.1 Å². The molecule has 1 atom stereocenters. The summed E-state index contributed by atoms with van der Waals surface area (Å²) in [5.74, 6) is -0.351. The molecule has 7 nitrogen and oxygen atoms in total. The highest BCUT2D eigenvalue weighted by molar-refractivity contribution is 7.46. The molecule has 0 unspecified atom stereocenters. The number of carbonyl (C=O) groups is 1. The van der Waals surface area contributed by atoms with Gasteiger partial charge in [0.15, 0.2) is 0 Å². The Labute approximate surface area is 406 Å². The number of carbonyl (C=O) groups excluding carboxylic acids is 1. The molecule has 0 saturated carbocycles. The Bertz CT molecular complexity index is 958. The largest absolute Gasteiger partial charge is 0.469 e. The van der Waals surface area contributed by atoms with E-state index in [1.165, 1.54) is 283 Å². The summed E-state index contributed by atoms with van der Waals surface area (Å²) in [5, 5.41) is 0. The van der Waals surface area contributed by atoms with Crippen LogP contribution in [0.1, 0.15) is 335 Å². The summed E-state index contributed by atoms with van der Waals surface area (Å²) in [6.45, 7) is 4.83. The lowest BCUT2D eigenvalue weighted by Crippen LogP contribution is -2.28. The normalized spacial score (nSPS) is 12.4. The van der Waals surface area contributed by atoms with E-state index in [1.807, 2.05) is 0 Å². The van der Waals surface area contributed by atoms with Crippen LogP contribution in [0.15, 0.2) is 0 Å². The Morgan fingerprint density at radius 3 is 0.831 bits per heavy atom. The highest BCUT2D eigenvalue weighted by Crippen LogP contribution is 2.36. The predicted molar refractivity (Wildman–Crippen MR) is 281 cm³/mol. The molecule has 0 aromatic rings. The number of unbranched alkanes of at least 4 members (excludes halogenated alkanes) is 47. The molecule has 2 N–H and O–H groups in total. The minimum atomic E-state index is -4.65. The first-order valence-corrected chi connectivity index (χ1v) is 30.9. The summed E-state index contributed by atoms with van der Waals surface area (Å²) in [4.78, 5) is 30.8. The van der Waals surface area contributed by atoms with Crippen molar-refractivity contribution >= 4 is 13.8 Å². The van der Waals surface area contributed by atoms with Crippen LogP contribution in [-0.4, -0.2) is 41.7 Å². The lowest BCUT2D eigenvalue weighted by atomic mass is 10.0. The average molecular weight is 944 g/mol. The maximum atomic E-state index is 12.5. The number of hydrogen-bond acceptors (Lipinski definition) is 5. The van der Waals surface area contributed by atoms with Gasteiger partial charge >= 0.3 is 13.8 Å². The Hall–Kier alpha value is -0.460. The summed E-state index contributed by atoms with van der Waals surface area (Å²) in [7, 11) is -4.65. The lowest BCUT2D eigenvalue weighted by Gasteiger charge is -2.18. The van der Waals surface area contributed by atoms with Crippen LogP contribution < -0.4 is 0 Å². The van der Waals surface area contributed by atoms with Crippen molar-refractivity contribution in [1.82, 2.24) is 0 Å². The van der Waals surface area contributed by atoms with Gasteiger partial charge in [0.05, 0.1) is 13.2 Å². The molecule has 0 amide bonds. The van der Waals surface area contributed by atoms with Crippen LogP contribution in [0.2, 0.25) is 0 Å². The van der Waals surface area contributed by atoms with Crippen molar-refractivity contribution in [3.63, 3.8) is 0 Å². The molecule has 0 aliphatic heterocycles. The first-order chi connectivity index (χ1) is 31.9. The summed E-state index contributed by atoms with van der Waals surface area (Å²) in [5.41, 5.74) is 0. The molecule has 0 aromatic carbocycles. The van der Waals surface area contributed by atoms with Gasteiger partial charge in [0, 0.05) is 13.0 Å². The molecule has 0 aliphatic carbocycles. The van der Waals surface area contributed by atoms with Gasteiger partial charge < -0.3 is 19.3 Å². The second kappa shape index (κ2) is 54.5. The topological polar surface area (TPSA) is 102 Å². The molecule has 65 heavy (non-hydrogen) atoms. The van der Waals surface area contributed by atoms with Crippen molar-refractivity contribution in [2.75, 3.05) is 19.8 Å². The molecule has 0 bridgehead atoms. The molecular formula is C57H115O7P. The zero-order valence-electron chi connectivity index (χ0n) is 43.9. The molecule has 0 rings (SSSR count). The minimum Gasteiger partial charge on any atom is -0.457 e. The van der Waals surface area contributed by atoms with Crippen LogP contribution >= 0.6 is 7.82 Å². The molecular weight excluding hydrogens is 828 g/mol. The van der Waals surface area contributed by atoms with Gasteiger partial charge in [-0.1, -0.05) is 316 Å². The fourth-order valence-electron chi connectivity index (χ4n) is 9.33. The van der Waals surface area contributed by atoms with Crippen LogP contribution in [0.5, 0.6) is 0 Å². The van der Waals surface area contributed by atoms with E-state index in [4.69, 9.17) is 19.3 Å². The van der Waals surface area contributed by atoms with Crippen molar-refractivity contribution in [2.24, 2.45) is 0 Å². The van der Waals surface area contributed by atoms with E-state index in [2.05, 4.69) is 18.4 Å². The van der Waals surface area contributed by atoms with Crippen molar-refractivity contribution in [2.45, 2.75) is 341 Å². The summed E-state index contributed by atoms with van der Waals surface area (Å²) < 4.78 is 27.2. The van der Waals surface area contributed by atoms with E-state index in [0.29, 0.717) is 13.0 Å². The first-order valence-electron chi connectivity index (χ1n) is 29.4. The lowest BCUT2D eigenvalue weighted by molar-refractivity contribution is -0.154. The SMILES string of the molecule is CCCCCCCCCCCCCCCCCCCCCCCCCCCCCCCCCCCCCC(=O)O[C@H](COCCCCCCCCCCCCCCCC)COP(=O)(O)O. The quantitative estimate of drug-likeness (QED) is 0.0356. The number of esters is 1. The molecule has 0 aliphatic rings. The molecule has 0 fully saturated rings. The van der Waals surface area contributed by atoms with Gasteiger partial charge in [-0.3, -0.25) is 9.32 Å². The van der Waals surface area contributed by atoms with Crippen LogP contribution in [0, 0.1) is 0 Å². The van der Waals surface area contributed by atoms with E-state index in [0.717, 1.165) is 32.1 Å². The Morgan fingerprint density at radius 2 is 0.585 bits per heavy atom. The first kappa shape index (κ1) is 64.5. The van der Waals surface area contributed by atoms with Gasteiger partial charge in [0.2, 0.25) is 0 Å². The molecule has 8 heteroatoms. The highest BCUT2D eigenvalue weighted by atomic mass is 31.2. The molecule has 0 heterocycles. The number of rotatable bonds is 57. The monoisotopic (exact) mass is 943 g/mol. The van der Waals surface area contributed by atoms with Crippen LogP contribution in [0.3, 0.4) is 0 Å². The van der Waals surface area contributed by atoms with Crippen molar-refractivity contribution in [3.05, 3.63) is 0 Å². The maximum Gasteiger partial charge on any atom is 0.469 e. The summed E-state index contributed by atoms with van der Waals surface area (Å²) >= 11 is 0. The predicted octanol–water partition coefficient (Wildman–Crippen LogP) is 19.6. The second-order valence-corrected chi connectivity index (χ2v) is 21.6. The number of phosphoric acid groups is 1. The Morgan fingerprint density at radius 1 is 0.354 bits per heavy atom. The number of ether oxygens (including phenoxy) is 2. The van der Waals surface area contributed by atoms with Gasteiger partial charge in [-0.15, -0.1) is 0 Å². The number of phosphoric ester groups is 1. The van der Waals surface area contributed by atoms with Gasteiger partial charge in [0.25, 0.3) is 0 Å². The van der Waals surface area contributed by atoms with Gasteiger partial charge in [-0.25, -0.2) is 4.57 Å². The Balaban J connectivity index is 3.50. The van der Waals surface area contributed by atoms with E-state index in [-0.39, 0.29) is 19.2 Å². The molecule has 0 radical (unpaired) electrons. The zero-order valence-corrected chi connectivity index (χ0v) is 44.8. The highest BCUT2D eigenvalue weighted by Gasteiger charge is 2.21. The Kier molecular flexibility index (Phi) is 54.1. The van der Waals surface area contributed by atoms with Crippen molar-refractivity contribution in [1.29, 1.82) is 0 Å². The maximum absolute atomic E-state index is 12.5. The van der Waals surface area contributed by atoms with Crippen LogP contribution in [0.4, 0.5) is 0 Å². The fourth-order valence-corrected chi connectivity index (χ4v) is 9.69. The summed E-state index contributed by atoms with van der Waals surface area (Å²) in [6.07, 6.45) is 66.0. The van der Waals surface area contributed by atoms with E-state index in [1.54, 1.807) is 0 Å². The molecule has 0 saturated heterocycles. The third-order valence-electron chi connectivity index (χ3n) is 13.7. The second-order valence-electron chi connectivity index (χ2n) is 20.3. The molecule has 390 valence electrons. The van der Waals surface area contributed by atoms with Crippen LogP contribution in [0.25, 0.3) is 0 Å². The fraction of sp³-hybridized carbons (Fsp3) is 0.982. The van der Waals surface area contributed by atoms with Crippen molar-refractivity contribution in [3.8, 4) is 0 Å². The molecule has 0 aromatic heterocycles. The van der Waals surface area contributed by atoms with E-state index >= 15 is 0 Å². The average Bonchev–Trinajstić information content (AvgIpc) is 3.29. The zero-order chi connectivity index (χ0) is 47.3. The smallest absolute Gasteiger partial charge is 0.457 e. The third-order valence-corrected chi connectivity index (χ3v) is 14.1. The van der Waals surface area contributed by atoms with Gasteiger partial charge in [0.1, 0.15) is 6.10 Å². The summed E-state index contributed by atoms with van der Waals surface area (Å²) in [6, 6.07) is 0.